The number of nitrogens with zero attached hydrogens (tertiary/aromatic N) is 5. The molecule has 0 radical (unpaired) electrons. The first kappa shape index (κ1) is 17.8. The molecule has 3 aromatic rings. The van der Waals surface area contributed by atoms with E-state index in [2.05, 4.69) is 21.3 Å². The van der Waals surface area contributed by atoms with Crippen molar-refractivity contribution in [3.8, 4) is 11.8 Å². The van der Waals surface area contributed by atoms with Crippen LogP contribution < -0.4 is 5.01 Å². The molecule has 0 fully saturated rings. The van der Waals surface area contributed by atoms with Gasteiger partial charge in [0.2, 0.25) is 0 Å². The Bertz CT molecular complexity index is 841. The lowest BCUT2D eigenvalue weighted by molar-refractivity contribution is 0.475. The summed E-state index contributed by atoms with van der Waals surface area (Å²) in [4.78, 5) is 1.16. The fraction of sp³-hybridized carbons (Fsp3) is 0.211. The molecule has 3 rings (SSSR count). The standard InChI is InChI=1S/C19H19N5OS/c20-13-16-3-5-17(6-4-16)24(23-14-21-22-15-23)11-1-2-12-26-19-9-7-18(25)8-10-19/h3-10,14-15,25H,1-2,11-12H2. The molecule has 0 amide bonds. The highest BCUT2D eigenvalue weighted by Crippen LogP contribution is 2.22. The Hall–Kier alpha value is -2.98. The third-order valence-electron chi connectivity index (χ3n) is 3.85. The predicted molar refractivity (Wildman–Crippen MR) is 102 cm³/mol. The van der Waals surface area contributed by atoms with Crippen LogP contribution in [-0.4, -0.2) is 32.3 Å². The van der Waals surface area contributed by atoms with Crippen LogP contribution in [0.25, 0.3) is 0 Å². The Labute approximate surface area is 156 Å². The molecule has 0 unspecified atom stereocenters. The van der Waals surface area contributed by atoms with Crippen molar-refractivity contribution in [2.45, 2.75) is 17.7 Å². The fourth-order valence-electron chi connectivity index (χ4n) is 2.50. The molecule has 1 N–H and O–H groups in total. The van der Waals surface area contributed by atoms with Crippen molar-refractivity contribution in [2.75, 3.05) is 17.3 Å². The summed E-state index contributed by atoms with van der Waals surface area (Å²) >= 11 is 1.78. The van der Waals surface area contributed by atoms with Gasteiger partial charge < -0.3 is 5.11 Å². The van der Waals surface area contributed by atoms with Gasteiger partial charge in [-0.1, -0.05) is 0 Å². The lowest BCUT2D eigenvalue weighted by Crippen LogP contribution is -2.29. The normalized spacial score (nSPS) is 10.4. The molecule has 0 aliphatic heterocycles. The van der Waals surface area contributed by atoms with Crippen LogP contribution in [0.3, 0.4) is 0 Å². The molecule has 0 atom stereocenters. The van der Waals surface area contributed by atoms with Gasteiger partial charge in [0.25, 0.3) is 0 Å². The van der Waals surface area contributed by atoms with Crippen molar-refractivity contribution < 1.29 is 5.11 Å². The Morgan fingerprint density at radius 3 is 2.35 bits per heavy atom. The summed E-state index contributed by atoms with van der Waals surface area (Å²) in [5.41, 5.74) is 1.64. The minimum absolute atomic E-state index is 0.293. The van der Waals surface area contributed by atoms with Crippen molar-refractivity contribution >= 4 is 17.4 Å². The van der Waals surface area contributed by atoms with Gasteiger partial charge in [-0.3, -0.25) is 5.01 Å². The van der Waals surface area contributed by atoms with Gasteiger partial charge in [-0.05, 0) is 67.1 Å². The molecule has 0 saturated carbocycles. The van der Waals surface area contributed by atoms with Crippen molar-refractivity contribution in [1.82, 2.24) is 14.9 Å². The number of thioether (sulfide) groups is 1. The van der Waals surface area contributed by atoms with E-state index in [1.807, 2.05) is 41.1 Å². The van der Waals surface area contributed by atoms with Crippen molar-refractivity contribution in [2.24, 2.45) is 0 Å². The number of unbranched alkanes of at least 4 members (excludes halogenated alkanes) is 1. The number of phenols is 1. The van der Waals surface area contributed by atoms with Crippen LogP contribution in [0.5, 0.6) is 5.75 Å². The SMILES string of the molecule is N#Cc1ccc(N(CCCCSc2ccc(O)cc2)n2cnnc2)cc1. The molecule has 0 saturated heterocycles. The van der Waals surface area contributed by atoms with Gasteiger partial charge in [-0.25, -0.2) is 4.68 Å². The van der Waals surface area contributed by atoms with Gasteiger partial charge in [-0.2, -0.15) is 5.26 Å². The maximum absolute atomic E-state index is 9.31. The van der Waals surface area contributed by atoms with Crippen LogP contribution in [0.15, 0.2) is 66.1 Å². The zero-order chi connectivity index (χ0) is 18.2. The zero-order valence-electron chi connectivity index (χ0n) is 14.2. The van der Waals surface area contributed by atoms with Crippen LogP contribution in [-0.2, 0) is 0 Å². The summed E-state index contributed by atoms with van der Waals surface area (Å²) in [6, 6.07) is 16.9. The van der Waals surface area contributed by atoms with Gasteiger partial charge >= 0.3 is 0 Å². The molecule has 7 heteroatoms. The topological polar surface area (TPSA) is 78.0 Å². The molecule has 1 heterocycles. The molecular weight excluding hydrogens is 346 g/mol. The quantitative estimate of drug-likeness (QED) is 0.484. The van der Waals surface area contributed by atoms with E-state index in [-0.39, 0.29) is 0 Å². The molecule has 26 heavy (non-hydrogen) atoms. The van der Waals surface area contributed by atoms with Gasteiger partial charge in [0.1, 0.15) is 18.4 Å². The summed E-state index contributed by atoms with van der Waals surface area (Å²) in [5, 5.41) is 28.1. The first-order valence-electron chi connectivity index (χ1n) is 8.31. The van der Waals surface area contributed by atoms with Crippen LogP contribution in [0, 0.1) is 11.3 Å². The molecule has 132 valence electrons. The minimum Gasteiger partial charge on any atom is -0.508 e. The molecule has 0 spiro atoms. The van der Waals surface area contributed by atoms with Crippen LogP contribution in [0.1, 0.15) is 18.4 Å². The lowest BCUT2D eigenvalue weighted by Gasteiger charge is -2.24. The second kappa shape index (κ2) is 8.92. The summed E-state index contributed by atoms with van der Waals surface area (Å²) in [7, 11) is 0. The molecule has 1 aromatic heterocycles. The third-order valence-corrected chi connectivity index (χ3v) is 4.95. The maximum Gasteiger partial charge on any atom is 0.139 e. The third kappa shape index (κ3) is 4.77. The van der Waals surface area contributed by atoms with Gasteiger partial charge in [0.15, 0.2) is 0 Å². The van der Waals surface area contributed by atoms with Crippen LogP contribution in [0.2, 0.25) is 0 Å². The smallest absolute Gasteiger partial charge is 0.139 e. The number of aromatic nitrogens is 3. The van der Waals surface area contributed by atoms with Crippen LogP contribution in [0.4, 0.5) is 5.69 Å². The van der Waals surface area contributed by atoms with Crippen molar-refractivity contribution in [3.63, 3.8) is 0 Å². The molecule has 6 nitrogen and oxygen atoms in total. The Balaban J connectivity index is 1.55. The minimum atomic E-state index is 0.293. The van der Waals surface area contributed by atoms with Gasteiger partial charge in [0.05, 0.1) is 17.3 Å². The Morgan fingerprint density at radius 2 is 1.69 bits per heavy atom. The number of nitriles is 1. The first-order valence-corrected chi connectivity index (χ1v) is 9.29. The molecule has 0 bridgehead atoms. The monoisotopic (exact) mass is 365 g/mol. The number of benzene rings is 2. The van der Waals surface area contributed by atoms with E-state index in [1.54, 1.807) is 36.5 Å². The number of aromatic hydroxyl groups is 1. The molecular formula is C19H19N5OS. The largest absolute Gasteiger partial charge is 0.508 e. The van der Waals surface area contributed by atoms with E-state index >= 15 is 0 Å². The summed E-state index contributed by atoms with van der Waals surface area (Å²) in [6.45, 7) is 0.820. The van der Waals surface area contributed by atoms with Crippen molar-refractivity contribution in [1.29, 1.82) is 5.26 Å². The highest BCUT2D eigenvalue weighted by Gasteiger charge is 2.09. The van der Waals surface area contributed by atoms with E-state index < -0.39 is 0 Å². The highest BCUT2D eigenvalue weighted by molar-refractivity contribution is 7.99. The number of rotatable bonds is 8. The average Bonchev–Trinajstić information content (AvgIpc) is 3.21. The number of anilines is 1. The number of hydrogen-bond acceptors (Lipinski definition) is 6. The summed E-state index contributed by atoms with van der Waals surface area (Å²) < 4.78 is 1.86. The molecule has 0 aliphatic carbocycles. The second-order valence-corrected chi connectivity index (χ2v) is 6.84. The first-order chi connectivity index (χ1) is 12.8. The number of hydrogen-bond donors (Lipinski definition) is 1. The molecule has 2 aromatic carbocycles. The zero-order valence-corrected chi connectivity index (χ0v) is 15.0. The molecule has 0 aliphatic rings. The number of phenolic OH excluding ortho intramolecular Hbond substituents is 1. The average molecular weight is 365 g/mol. The van der Waals surface area contributed by atoms with Crippen LogP contribution >= 0.6 is 11.8 Å². The predicted octanol–water partition coefficient (Wildman–Crippen LogP) is 3.70. The van der Waals surface area contributed by atoms with Gasteiger partial charge in [0, 0.05) is 11.4 Å². The van der Waals surface area contributed by atoms with Gasteiger partial charge in [-0.15, -0.1) is 22.0 Å². The summed E-state index contributed by atoms with van der Waals surface area (Å²) in [5.74, 6) is 1.30. The van der Waals surface area contributed by atoms with E-state index in [1.165, 1.54) is 0 Å². The second-order valence-electron chi connectivity index (χ2n) is 5.67. The van der Waals surface area contributed by atoms with E-state index in [0.29, 0.717) is 11.3 Å². The maximum atomic E-state index is 9.31. The van der Waals surface area contributed by atoms with Crippen molar-refractivity contribution in [3.05, 3.63) is 66.7 Å². The van der Waals surface area contributed by atoms with E-state index in [9.17, 15) is 5.11 Å². The van der Waals surface area contributed by atoms with E-state index in [0.717, 1.165) is 35.7 Å². The Morgan fingerprint density at radius 1 is 1.00 bits per heavy atom. The van der Waals surface area contributed by atoms with E-state index in [4.69, 9.17) is 5.26 Å². The summed E-state index contributed by atoms with van der Waals surface area (Å²) in [6.07, 6.45) is 5.40. The Kier molecular flexibility index (Phi) is 6.12. The fourth-order valence-corrected chi connectivity index (χ4v) is 3.41. The highest BCUT2D eigenvalue weighted by atomic mass is 32.2. The lowest BCUT2D eigenvalue weighted by atomic mass is 10.2.